The summed E-state index contributed by atoms with van der Waals surface area (Å²) in [5, 5.41) is 1.50. The number of ether oxygens (including phenoxy) is 1. The summed E-state index contributed by atoms with van der Waals surface area (Å²) < 4.78 is 21.1. The number of rotatable bonds is 3. The van der Waals surface area contributed by atoms with Crippen molar-refractivity contribution in [1.29, 1.82) is 0 Å². The number of aromatic nitrogens is 1. The Kier molecular flexibility index (Phi) is 3.36. The van der Waals surface area contributed by atoms with Crippen molar-refractivity contribution in [3.8, 4) is 5.75 Å². The predicted molar refractivity (Wildman–Crippen MR) is 78.7 cm³/mol. The minimum Gasteiger partial charge on any atom is -0.489 e. The third-order valence-corrected chi connectivity index (χ3v) is 3.46. The van der Waals surface area contributed by atoms with Gasteiger partial charge in [-0.2, -0.15) is 0 Å². The molecule has 0 bridgehead atoms. The van der Waals surface area contributed by atoms with Gasteiger partial charge in [0, 0.05) is 34.7 Å². The third kappa shape index (κ3) is 2.49. The fourth-order valence-corrected chi connectivity index (χ4v) is 2.46. The van der Waals surface area contributed by atoms with E-state index in [-0.39, 0.29) is 5.82 Å². The molecule has 3 aromatic rings. The standard InChI is InChI=1S/C16H13ClFNO/c1-19-9-11(15-8-13(18)5-6-16(15)19)10-20-14-4-2-3-12(17)7-14/h2-9H,10H2,1H3. The maximum Gasteiger partial charge on any atom is 0.123 e. The molecule has 102 valence electrons. The van der Waals surface area contributed by atoms with Crippen molar-refractivity contribution < 1.29 is 9.13 Å². The van der Waals surface area contributed by atoms with Crippen LogP contribution in [0.1, 0.15) is 5.56 Å². The fraction of sp³-hybridized carbons (Fsp3) is 0.125. The van der Waals surface area contributed by atoms with E-state index in [0.29, 0.717) is 17.4 Å². The van der Waals surface area contributed by atoms with Crippen molar-refractivity contribution in [2.45, 2.75) is 6.61 Å². The molecule has 0 aliphatic carbocycles. The molecule has 0 unspecified atom stereocenters. The number of nitrogens with zero attached hydrogens (tertiary/aromatic N) is 1. The van der Waals surface area contributed by atoms with E-state index in [2.05, 4.69) is 0 Å². The van der Waals surface area contributed by atoms with Crippen LogP contribution in [0.15, 0.2) is 48.7 Å². The summed E-state index contributed by atoms with van der Waals surface area (Å²) >= 11 is 5.91. The molecule has 0 radical (unpaired) electrons. The highest BCUT2D eigenvalue weighted by Gasteiger charge is 2.08. The summed E-state index contributed by atoms with van der Waals surface area (Å²) in [4.78, 5) is 0. The molecule has 0 aliphatic heterocycles. The second kappa shape index (κ2) is 5.17. The number of halogens is 2. The first kappa shape index (κ1) is 13.0. The van der Waals surface area contributed by atoms with Gasteiger partial charge in [-0.1, -0.05) is 17.7 Å². The Bertz CT molecular complexity index is 766. The van der Waals surface area contributed by atoms with Crippen LogP contribution in [0.5, 0.6) is 5.75 Å². The SMILES string of the molecule is Cn1cc(COc2cccc(Cl)c2)c2cc(F)ccc21. The fourth-order valence-electron chi connectivity index (χ4n) is 2.28. The highest BCUT2D eigenvalue weighted by atomic mass is 35.5. The van der Waals surface area contributed by atoms with Crippen LogP contribution in [0.25, 0.3) is 10.9 Å². The van der Waals surface area contributed by atoms with Crippen molar-refractivity contribution in [1.82, 2.24) is 4.57 Å². The molecule has 0 aliphatic rings. The lowest BCUT2D eigenvalue weighted by Crippen LogP contribution is -1.94. The minimum absolute atomic E-state index is 0.243. The zero-order chi connectivity index (χ0) is 14.1. The van der Waals surface area contributed by atoms with Gasteiger partial charge in [0.25, 0.3) is 0 Å². The summed E-state index contributed by atoms with van der Waals surface area (Å²) in [6.45, 7) is 0.376. The van der Waals surface area contributed by atoms with Crippen molar-refractivity contribution >= 4 is 22.5 Å². The molecule has 0 fully saturated rings. The van der Waals surface area contributed by atoms with E-state index in [1.165, 1.54) is 12.1 Å². The van der Waals surface area contributed by atoms with Gasteiger partial charge in [0.2, 0.25) is 0 Å². The van der Waals surface area contributed by atoms with Crippen LogP contribution < -0.4 is 4.74 Å². The van der Waals surface area contributed by atoms with Gasteiger partial charge in [-0.05, 0) is 36.4 Å². The Labute approximate surface area is 121 Å². The molecule has 0 spiro atoms. The lowest BCUT2D eigenvalue weighted by atomic mass is 10.2. The van der Waals surface area contributed by atoms with E-state index in [1.54, 1.807) is 18.2 Å². The molecular formula is C16H13ClFNO. The maximum atomic E-state index is 13.4. The quantitative estimate of drug-likeness (QED) is 0.690. The number of hydrogen-bond acceptors (Lipinski definition) is 1. The van der Waals surface area contributed by atoms with E-state index in [9.17, 15) is 4.39 Å². The summed E-state index contributed by atoms with van der Waals surface area (Å²) in [6, 6.07) is 12.0. The second-order valence-corrected chi connectivity index (χ2v) is 5.11. The van der Waals surface area contributed by atoms with Crippen LogP contribution in [0.2, 0.25) is 5.02 Å². The average Bonchev–Trinajstić information content (AvgIpc) is 2.73. The molecule has 20 heavy (non-hydrogen) atoms. The summed E-state index contributed by atoms with van der Waals surface area (Å²) in [7, 11) is 1.93. The molecule has 0 saturated heterocycles. The Morgan fingerprint density at radius 1 is 1.20 bits per heavy atom. The monoisotopic (exact) mass is 289 g/mol. The first-order chi connectivity index (χ1) is 9.63. The van der Waals surface area contributed by atoms with E-state index >= 15 is 0 Å². The molecule has 0 saturated carbocycles. The molecule has 0 N–H and O–H groups in total. The van der Waals surface area contributed by atoms with Crippen molar-refractivity contribution in [3.63, 3.8) is 0 Å². The van der Waals surface area contributed by atoms with E-state index in [1.807, 2.05) is 29.9 Å². The molecule has 2 nitrogen and oxygen atoms in total. The Balaban J connectivity index is 1.89. The first-order valence-corrected chi connectivity index (χ1v) is 6.63. The maximum absolute atomic E-state index is 13.4. The first-order valence-electron chi connectivity index (χ1n) is 6.25. The molecule has 2 aromatic carbocycles. The van der Waals surface area contributed by atoms with Crippen molar-refractivity contribution in [2.24, 2.45) is 7.05 Å². The summed E-state index contributed by atoms with van der Waals surface area (Å²) in [5.74, 6) is 0.457. The molecule has 1 heterocycles. The van der Waals surface area contributed by atoms with Crippen LogP contribution in [-0.2, 0) is 13.7 Å². The number of hydrogen-bond donors (Lipinski definition) is 0. The lowest BCUT2D eigenvalue weighted by Gasteiger charge is -2.05. The van der Waals surface area contributed by atoms with Crippen LogP contribution in [-0.4, -0.2) is 4.57 Å². The predicted octanol–water partition coefficient (Wildman–Crippen LogP) is 4.55. The van der Waals surface area contributed by atoms with Crippen LogP contribution >= 0.6 is 11.6 Å². The smallest absolute Gasteiger partial charge is 0.123 e. The second-order valence-electron chi connectivity index (χ2n) is 4.67. The van der Waals surface area contributed by atoms with Crippen molar-refractivity contribution in [3.05, 3.63) is 65.1 Å². The van der Waals surface area contributed by atoms with E-state index in [4.69, 9.17) is 16.3 Å². The highest BCUT2D eigenvalue weighted by molar-refractivity contribution is 6.30. The largest absolute Gasteiger partial charge is 0.489 e. The summed E-state index contributed by atoms with van der Waals surface area (Å²) in [6.07, 6.45) is 1.95. The summed E-state index contributed by atoms with van der Waals surface area (Å²) in [5.41, 5.74) is 1.93. The molecule has 1 aromatic heterocycles. The van der Waals surface area contributed by atoms with Crippen LogP contribution in [0.3, 0.4) is 0 Å². The van der Waals surface area contributed by atoms with E-state index < -0.39 is 0 Å². The van der Waals surface area contributed by atoms with Crippen molar-refractivity contribution in [2.75, 3.05) is 0 Å². The topological polar surface area (TPSA) is 14.2 Å². The van der Waals surface area contributed by atoms with Gasteiger partial charge in [0.05, 0.1) is 0 Å². The molecule has 3 rings (SSSR count). The van der Waals surface area contributed by atoms with E-state index in [0.717, 1.165) is 16.5 Å². The molecule has 0 amide bonds. The van der Waals surface area contributed by atoms with Gasteiger partial charge in [-0.25, -0.2) is 4.39 Å². The zero-order valence-electron chi connectivity index (χ0n) is 10.9. The van der Waals surface area contributed by atoms with Gasteiger partial charge in [-0.3, -0.25) is 0 Å². The van der Waals surface area contributed by atoms with Gasteiger partial charge in [-0.15, -0.1) is 0 Å². The zero-order valence-corrected chi connectivity index (χ0v) is 11.7. The van der Waals surface area contributed by atoms with Crippen LogP contribution in [0.4, 0.5) is 4.39 Å². The van der Waals surface area contributed by atoms with Gasteiger partial charge >= 0.3 is 0 Å². The van der Waals surface area contributed by atoms with Gasteiger partial charge in [0.1, 0.15) is 18.2 Å². The third-order valence-electron chi connectivity index (χ3n) is 3.22. The molecule has 0 atom stereocenters. The Morgan fingerprint density at radius 3 is 2.85 bits per heavy atom. The van der Waals surface area contributed by atoms with Gasteiger partial charge < -0.3 is 9.30 Å². The Hall–Kier alpha value is -2.00. The number of aryl methyl sites for hydroxylation is 1. The number of fused-ring (bicyclic) bond motifs is 1. The van der Waals surface area contributed by atoms with Gasteiger partial charge in [0.15, 0.2) is 0 Å². The lowest BCUT2D eigenvalue weighted by molar-refractivity contribution is 0.307. The van der Waals surface area contributed by atoms with Crippen LogP contribution in [0, 0.1) is 5.82 Å². The minimum atomic E-state index is -0.243. The normalized spacial score (nSPS) is 10.9. The Morgan fingerprint density at radius 2 is 2.05 bits per heavy atom. The highest BCUT2D eigenvalue weighted by Crippen LogP contribution is 2.24. The molecule has 4 heteroatoms. The average molecular weight is 290 g/mol. The number of benzene rings is 2. The molecular weight excluding hydrogens is 277 g/mol.